The van der Waals surface area contributed by atoms with E-state index in [1.165, 1.54) is 0 Å². The van der Waals surface area contributed by atoms with Crippen LogP contribution in [0.4, 0.5) is 0 Å². The maximum atomic E-state index is 11.7. The molecule has 0 aliphatic heterocycles. The minimum atomic E-state index is -0.799. The fourth-order valence-corrected chi connectivity index (χ4v) is 1.37. The number of carbonyl (C=O) groups is 2. The summed E-state index contributed by atoms with van der Waals surface area (Å²) in [7, 11) is 0. The number of rotatable bonds is 5. The quantitative estimate of drug-likeness (QED) is 0.723. The van der Waals surface area contributed by atoms with Gasteiger partial charge in [0.1, 0.15) is 0 Å². The number of nitrogens with one attached hydrogen (secondary N) is 1. The van der Waals surface area contributed by atoms with Gasteiger partial charge in [-0.2, -0.15) is 0 Å². The van der Waals surface area contributed by atoms with Gasteiger partial charge in [0.05, 0.1) is 13.2 Å². The molecular weight excluding hydrogens is 220 g/mol. The molecule has 0 bridgehead atoms. The van der Waals surface area contributed by atoms with Gasteiger partial charge in [0.25, 0.3) is 0 Å². The molecular formula is C12H16N2O3. The van der Waals surface area contributed by atoms with Gasteiger partial charge >= 0.3 is 5.97 Å². The zero-order valence-corrected chi connectivity index (χ0v) is 9.68. The van der Waals surface area contributed by atoms with E-state index in [-0.39, 0.29) is 13.2 Å². The molecule has 3 N–H and O–H groups in total. The summed E-state index contributed by atoms with van der Waals surface area (Å²) in [5.41, 5.74) is 5.88. The van der Waals surface area contributed by atoms with Crippen LogP contribution in [0.15, 0.2) is 30.3 Å². The molecule has 0 unspecified atom stereocenters. The molecule has 0 fully saturated rings. The van der Waals surface area contributed by atoms with Crippen molar-refractivity contribution in [3.05, 3.63) is 35.9 Å². The summed E-state index contributed by atoms with van der Waals surface area (Å²) in [5, 5.41) is 2.53. The summed E-state index contributed by atoms with van der Waals surface area (Å²) >= 11 is 0. The monoisotopic (exact) mass is 236 g/mol. The molecule has 0 spiro atoms. The molecule has 0 saturated heterocycles. The van der Waals surface area contributed by atoms with Gasteiger partial charge < -0.3 is 15.8 Å². The molecule has 0 heterocycles. The largest absolute Gasteiger partial charge is 0.464 e. The lowest BCUT2D eigenvalue weighted by Crippen LogP contribution is -2.38. The van der Waals surface area contributed by atoms with E-state index in [9.17, 15) is 9.59 Å². The van der Waals surface area contributed by atoms with E-state index >= 15 is 0 Å². The van der Waals surface area contributed by atoms with Gasteiger partial charge in [-0.1, -0.05) is 30.3 Å². The van der Waals surface area contributed by atoms with Gasteiger partial charge in [0, 0.05) is 0 Å². The summed E-state index contributed by atoms with van der Waals surface area (Å²) in [5.74, 6) is -0.882. The van der Waals surface area contributed by atoms with Crippen molar-refractivity contribution in [2.24, 2.45) is 5.73 Å². The maximum Gasteiger partial charge on any atom is 0.333 e. The topological polar surface area (TPSA) is 81.4 Å². The van der Waals surface area contributed by atoms with E-state index in [0.717, 1.165) is 0 Å². The van der Waals surface area contributed by atoms with Crippen molar-refractivity contribution in [2.45, 2.75) is 13.0 Å². The number of esters is 1. The van der Waals surface area contributed by atoms with Crippen LogP contribution >= 0.6 is 0 Å². The lowest BCUT2D eigenvalue weighted by Gasteiger charge is -2.17. The number of benzene rings is 1. The van der Waals surface area contributed by atoms with E-state index in [1.807, 2.05) is 6.07 Å². The number of ether oxygens (including phenoxy) is 1. The number of nitrogens with two attached hydrogens (primary N) is 1. The molecule has 92 valence electrons. The van der Waals surface area contributed by atoms with Gasteiger partial charge in [-0.3, -0.25) is 4.79 Å². The van der Waals surface area contributed by atoms with E-state index < -0.39 is 17.9 Å². The zero-order valence-electron chi connectivity index (χ0n) is 9.68. The number of amides is 1. The Bertz CT molecular complexity index is 379. The highest BCUT2D eigenvalue weighted by Crippen LogP contribution is 2.14. The molecule has 1 amide bonds. The van der Waals surface area contributed by atoms with Crippen LogP contribution in [0.2, 0.25) is 0 Å². The van der Waals surface area contributed by atoms with E-state index in [1.54, 1.807) is 31.2 Å². The third-order valence-electron chi connectivity index (χ3n) is 2.15. The van der Waals surface area contributed by atoms with Gasteiger partial charge in [0.2, 0.25) is 5.91 Å². The Morgan fingerprint density at radius 3 is 2.53 bits per heavy atom. The van der Waals surface area contributed by atoms with Crippen molar-refractivity contribution in [3.63, 3.8) is 0 Å². The first-order valence-electron chi connectivity index (χ1n) is 5.40. The molecule has 17 heavy (non-hydrogen) atoms. The van der Waals surface area contributed by atoms with Gasteiger partial charge in [-0.25, -0.2) is 4.79 Å². The molecule has 1 atom stereocenters. The predicted molar refractivity (Wildman–Crippen MR) is 63.0 cm³/mol. The molecule has 5 heteroatoms. The Kier molecular flexibility index (Phi) is 5.16. The third kappa shape index (κ3) is 3.88. The molecule has 0 saturated carbocycles. The summed E-state index contributed by atoms with van der Waals surface area (Å²) in [4.78, 5) is 23.0. The number of hydrogen-bond acceptors (Lipinski definition) is 4. The van der Waals surface area contributed by atoms with Crippen LogP contribution in [0.5, 0.6) is 0 Å². The fourth-order valence-electron chi connectivity index (χ4n) is 1.37. The lowest BCUT2D eigenvalue weighted by atomic mass is 10.1. The first-order chi connectivity index (χ1) is 8.19. The summed E-state index contributed by atoms with van der Waals surface area (Å²) in [6.07, 6.45) is 0. The van der Waals surface area contributed by atoms with E-state index in [2.05, 4.69) is 5.32 Å². The summed E-state index contributed by atoms with van der Waals surface area (Å²) < 4.78 is 4.91. The normalized spacial score (nSPS) is 11.6. The highest BCUT2D eigenvalue weighted by Gasteiger charge is 2.23. The standard InChI is InChI=1S/C12H16N2O3/c1-2-17-12(16)11(14-10(15)8-13)9-6-4-3-5-7-9/h3-7,11H,2,8,13H2,1H3,(H,14,15)/t11-/m1/s1. The Morgan fingerprint density at radius 2 is 2.00 bits per heavy atom. The Hall–Kier alpha value is -1.88. The molecule has 0 aliphatic rings. The van der Waals surface area contributed by atoms with Crippen molar-refractivity contribution in [1.29, 1.82) is 0 Å². The van der Waals surface area contributed by atoms with Crippen LogP contribution in [0.25, 0.3) is 0 Å². The van der Waals surface area contributed by atoms with Crippen LogP contribution in [-0.2, 0) is 14.3 Å². The zero-order chi connectivity index (χ0) is 12.7. The second-order valence-electron chi connectivity index (χ2n) is 3.37. The molecule has 5 nitrogen and oxygen atoms in total. The summed E-state index contributed by atoms with van der Waals surface area (Å²) in [6.45, 7) is 1.81. The Balaban J connectivity index is 2.86. The minimum absolute atomic E-state index is 0.164. The first-order valence-corrected chi connectivity index (χ1v) is 5.40. The van der Waals surface area contributed by atoms with Crippen molar-refractivity contribution in [1.82, 2.24) is 5.32 Å². The van der Waals surface area contributed by atoms with Crippen LogP contribution < -0.4 is 11.1 Å². The van der Waals surface area contributed by atoms with Gasteiger partial charge in [-0.15, -0.1) is 0 Å². The fraction of sp³-hybridized carbons (Fsp3) is 0.333. The molecule has 1 rings (SSSR count). The number of hydrogen-bond donors (Lipinski definition) is 2. The SMILES string of the molecule is CCOC(=O)[C@H](NC(=O)CN)c1ccccc1. The highest BCUT2D eigenvalue weighted by molar-refractivity contribution is 5.86. The van der Waals surface area contributed by atoms with Crippen LogP contribution in [0.1, 0.15) is 18.5 Å². The molecule has 0 radical (unpaired) electrons. The highest BCUT2D eigenvalue weighted by atomic mass is 16.5. The second-order valence-corrected chi connectivity index (χ2v) is 3.37. The molecule has 0 aliphatic carbocycles. The summed E-state index contributed by atoms with van der Waals surface area (Å²) in [6, 6.07) is 8.10. The molecule has 0 aromatic heterocycles. The second kappa shape index (κ2) is 6.65. The van der Waals surface area contributed by atoms with Gasteiger partial charge in [0.15, 0.2) is 6.04 Å². The van der Waals surface area contributed by atoms with Crippen LogP contribution in [0, 0.1) is 0 Å². The average Bonchev–Trinajstić information content (AvgIpc) is 2.36. The van der Waals surface area contributed by atoms with Crippen molar-refractivity contribution < 1.29 is 14.3 Å². The van der Waals surface area contributed by atoms with E-state index in [4.69, 9.17) is 10.5 Å². The van der Waals surface area contributed by atoms with Crippen molar-refractivity contribution >= 4 is 11.9 Å². The third-order valence-corrected chi connectivity index (χ3v) is 2.15. The Morgan fingerprint density at radius 1 is 1.35 bits per heavy atom. The predicted octanol–water partition coefficient (Wildman–Crippen LogP) is 0.366. The average molecular weight is 236 g/mol. The minimum Gasteiger partial charge on any atom is -0.464 e. The van der Waals surface area contributed by atoms with Crippen molar-refractivity contribution in [2.75, 3.05) is 13.2 Å². The van der Waals surface area contributed by atoms with Gasteiger partial charge in [-0.05, 0) is 12.5 Å². The van der Waals surface area contributed by atoms with Crippen molar-refractivity contribution in [3.8, 4) is 0 Å². The smallest absolute Gasteiger partial charge is 0.333 e. The first kappa shape index (κ1) is 13.2. The number of carbonyl (C=O) groups excluding carboxylic acids is 2. The molecule has 1 aromatic carbocycles. The maximum absolute atomic E-state index is 11.7. The van der Waals surface area contributed by atoms with Crippen LogP contribution in [-0.4, -0.2) is 25.0 Å². The van der Waals surface area contributed by atoms with Crippen LogP contribution in [0.3, 0.4) is 0 Å². The lowest BCUT2D eigenvalue weighted by molar-refractivity contribution is -0.147. The molecule has 1 aromatic rings. The van der Waals surface area contributed by atoms with E-state index in [0.29, 0.717) is 5.56 Å². The Labute approximate surface area is 99.9 Å².